The summed E-state index contributed by atoms with van der Waals surface area (Å²) in [4.78, 5) is 5.36. The number of nitrogens with zero attached hydrogens (tertiary/aromatic N) is 3. The third-order valence-corrected chi connectivity index (χ3v) is 7.34. The van der Waals surface area contributed by atoms with E-state index in [2.05, 4.69) is 136 Å². The molecule has 8 rings (SSSR count). The maximum atomic E-state index is 5.36. The zero-order chi connectivity index (χ0) is 23.6. The molecule has 0 aliphatic rings. The average molecular weight is 460 g/mol. The lowest BCUT2D eigenvalue weighted by molar-refractivity contribution is 0.984. The van der Waals surface area contributed by atoms with Crippen LogP contribution in [0.15, 0.2) is 128 Å². The predicted molar refractivity (Wildman–Crippen MR) is 150 cm³/mol. The van der Waals surface area contributed by atoms with Crippen LogP contribution >= 0.6 is 0 Å². The van der Waals surface area contributed by atoms with Gasteiger partial charge in [-0.2, -0.15) is 0 Å². The maximum Gasteiger partial charge on any atom is 0.220 e. The van der Waals surface area contributed by atoms with Crippen LogP contribution in [-0.2, 0) is 0 Å². The molecule has 0 spiro atoms. The number of benzene rings is 5. The van der Waals surface area contributed by atoms with Crippen LogP contribution in [0.2, 0.25) is 0 Å². The van der Waals surface area contributed by atoms with Crippen molar-refractivity contribution in [3.8, 4) is 17.2 Å². The molecule has 0 aliphatic carbocycles. The minimum atomic E-state index is 0.898. The van der Waals surface area contributed by atoms with E-state index < -0.39 is 0 Å². The van der Waals surface area contributed by atoms with Gasteiger partial charge in [-0.25, -0.2) is 4.98 Å². The van der Waals surface area contributed by atoms with E-state index in [9.17, 15) is 0 Å². The van der Waals surface area contributed by atoms with E-state index in [4.69, 9.17) is 4.98 Å². The van der Waals surface area contributed by atoms with Gasteiger partial charge in [0.2, 0.25) is 5.95 Å². The zero-order valence-electron chi connectivity index (χ0n) is 19.5. The van der Waals surface area contributed by atoms with Crippen LogP contribution < -0.4 is 0 Å². The molecule has 3 aromatic heterocycles. The highest BCUT2D eigenvalue weighted by Gasteiger charge is 2.20. The van der Waals surface area contributed by atoms with Crippen LogP contribution in [0.1, 0.15) is 0 Å². The van der Waals surface area contributed by atoms with E-state index >= 15 is 0 Å². The largest absolute Gasteiger partial charge is 0.285 e. The van der Waals surface area contributed by atoms with E-state index in [0.717, 1.165) is 33.8 Å². The van der Waals surface area contributed by atoms with E-state index in [1.165, 1.54) is 32.3 Å². The van der Waals surface area contributed by atoms with Crippen molar-refractivity contribution in [1.82, 2.24) is 14.0 Å². The Morgan fingerprint density at radius 3 is 2.03 bits per heavy atom. The van der Waals surface area contributed by atoms with Crippen LogP contribution in [-0.4, -0.2) is 14.0 Å². The second-order valence-corrected chi connectivity index (χ2v) is 9.28. The summed E-state index contributed by atoms with van der Waals surface area (Å²) < 4.78 is 4.54. The summed E-state index contributed by atoms with van der Waals surface area (Å²) in [6.45, 7) is 0. The van der Waals surface area contributed by atoms with Crippen molar-refractivity contribution in [1.29, 1.82) is 0 Å². The fourth-order valence-electron chi connectivity index (χ4n) is 5.76. The monoisotopic (exact) mass is 459 g/mol. The molecular weight excluding hydrogens is 438 g/mol. The fourth-order valence-corrected chi connectivity index (χ4v) is 5.76. The van der Waals surface area contributed by atoms with Gasteiger partial charge in [0.05, 0.1) is 22.2 Å². The molecule has 0 aliphatic heterocycles. The Kier molecular flexibility index (Phi) is 3.94. The second kappa shape index (κ2) is 7.30. The lowest BCUT2D eigenvalue weighted by Gasteiger charge is -2.07. The van der Waals surface area contributed by atoms with E-state index in [1.54, 1.807) is 0 Å². The predicted octanol–water partition coefficient (Wildman–Crippen LogP) is 8.40. The molecule has 36 heavy (non-hydrogen) atoms. The smallest absolute Gasteiger partial charge is 0.220 e. The molecule has 0 unspecified atom stereocenters. The van der Waals surface area contributed by atoms with Gasteiger partial charge >= 0.3 is 0 Å². The van der Waals surface area contributed by atoms with E-state index in [-0.39, 0.29) is 0 Å². The summed E-state index contributed by atoms with van der Waals surface area (Å²) in [5.74, 6) is 0.898. The normalized spacial score (nSPS) is 11.9. The van der Waals surface area contributed by atoms with Gasteiger partial charge in [0.1, 0.15) is 0 Å². The van der Waals surface area contributed by atoms with Crippen LogP contribution in [0.5, 0.6) is 0 Å². The lowest BCUT2D eigenvalue weighted by atomic mass is 10.0. The van der Waals surface area contributed by atoms with Crippen molar-refractivity contribution in [2.75, 3.05) is 0 Å². The molecule has 5 aromatic carbocycles. The molecule has 3 heterocycles. The number of hydrogen-bond acceptors (Lipinski definition) is 1. The molecule has 0 amide bonds. The van der Waals surface area contributed by atoms with Crippen LogP contribution in [0.4, 0.5) is 0 Å². The molecule has 0 radical (unpaired) electrons. The van der Waals surface area contributed by atoms with Crippen molar-refractivity contribution in [2.24, 2.45) is 0 Å². The highest BCUT2D eigenvalue weighted by Crippen LogP contribution is 2.38. The van der Waals surface area contributed by atoms with Crippen LogP contribution in [0.3, 0.4) is 0 Å². The van der Waals surface area contributed by atoms with Crippen molar-refractivity contribution < 1.29 is 0 Å². The van der Waals surface area contributed by atoms with Gasteiger partial charge in [-0.1, -0.05) is 97.1 Å². The lowest BCUT2D eigenvalue weighted by Crippen LogP contribution is -2.00. The van der Waals surface area contributed by atoms with Gasteiger partial charge in [-0.15, -0.1) is 0 Å². The number of imidazole rings is 1. The molecule has 0 bridgehead atoms. The fraction of sp³-hybridized carbons (Fsp3) is 0. The third-order valence-electron chi connectivity index (χ3n) is 7.34. The van der Waals surface area contributed by atoms with E-state index in [0.29, 0.717) is 0 Å². The maximum absolute atomic E-state index is 5.36. The standard InChI is InChI=1S/C33H21N3/c1-3-13-24-22(10-1)12-9-16-26(24)32-30-18-7-8-21-35(30)33(34-32)36-28-17-6-5-15-27(28)31-25-14-4-2-11-23(25)19-20-29(31)36/h1-21H. The summed E-state index contributed by atoms with van der Waals surface area (Å²) >= 11 is 0. The topological polar surface area (TPSA) is 22.2 Å². The molecule has 3 nitrogen and oxygen atoms in total. The summed E-state index contributed by atoms with van der Waals surface area (Å²) in [5, 5.41) is 7.45. The Morgan fingerprint density at radius 2 is 1.14 bits per heavy atom. The number of aromatic nitrogens is 3. The molecular formula is C33H21N3. The first-order valence-corrected chi connectivity index (χ1v) is 12.2. The first-order chi connectivity index (χ1) is 17.9. The Hall–Kier alpha value is -4.89. The summed E-state index contributed by atoms with van der Waals surface area (Å²) in [5.41, 5.74) is 5.55. The summed E-state index contributed by atoms with van der Waals surface area (Å²) in [7, 11) is 0. The molecule has 0 atom stereocenters. The quantitative estimate of drug-likeness (QED) is 0.254. The molecule has 8 aromatic rings. The number of fused-ring (bicyclic) bond motifs is 7. The van der Waals surface area contributed by atoms with Gasteiger partial charge in [0.25, 0.3) is 0 Å². The molecule has 3 heteroatoms. The van der Waals surface area contributed by atoms with Crippen LogP contribution in [0, 0.1) is 0 Å². The molecule has 168 valence electrons. The first-order valence-electron chi connectivity index (χ1n) is 12.2. The molecule has 0 fully saturated rings. The highest BCUT2D eigenvalue weighted by atomic mass is 15.2. The van der Waals surface area contributed by atoms with Gasteiger partial charge in [0, 0.05) is 22.5 Å². The van der Waals surface area contributed by atoms with Crippen molar-refractivity contribution in [3.05, 3.63) is 128 Å². The Labute approximate surface area is 207 Å². The van der Waals surface area contributed by atoms with Crippen molar-refractivity contribution >= 4 is 48.9 Å². The molecule has 0 saturated heterocycles. The number of rotatable bonds is 2. The second-order valence-electron chi connectivity index (χ2n) is 9.28. The molecule has 0 N–H and O–H groups in total. The van der Waals surface area contributed by atoms with Gasteiger partial charge < -0.3 is 0 Å². The number of hydrogen-bond donors (Lipinski definition) is 0. The SMILES string of the molecule is c1ccc2c(-c3nc(-n4c5ccccc5c5c6ccccc6ccc54)n4ccccc34)cccc2c1. The minimum absolute atomic E-state index is 0.898. The number of para-hydroxylation sites is 1. The first kappa shape index (κ1) is 19.4. The van der Waals surface area contributed by atoms with Gasteiger partial charge in [-0.3, -0.25) is 8.97 Å². The zero-order valence-corrected chi connectivity index (χ0v) is 19.5. The number of pyridine rings is 1. The van der Waals surface area contributed by atoms with E-state index in [1.807, 2.05) is 0 Å². The van der Waals surface area contributed by atoms with Crippen molar-refractivity contribution in [3.63, 3.8) is 0 Å². The Morgan fingerprint density at radius 1 is 0.472 bits per heavy atom. The highest BCUT2D eigenvalue weighted by molar-refractivity contribution is 6.21. The minimum Gasteiger partial charge on any atom is -0.285 e. The summed E-state index contributed by atoms with van der Waals surface area (Å²) in [6.07, 6.45) is 2.12. The van der Waals surface area contributed by atoms with Crippen LogP contribution in [0.25, 0.3) is 66.1 Å². The molecule has 0 saturated carbocycles. The average Bonchev–Trinajstić information content (AvgIpc) is 3.48. The summed E-state index contributed by atoms with van der Waals surface area (Å²) in [6, 6.07) is 43.1. The third kappa shape index (κ3) is 2.60. The van der Waals surface area contributed by atoms with Gasteiger partial charge in [-0.05, 0) is 45.8 Å². The van der Waals surface area contributed by atoms with Crippen molar-refractivity contribution in [2.45, 2.75) is 0 Å². The van der Waals surface area contributed by atoms with Gasteiger partial charge in [0.15, 0.2) is 0 Å². The Bertz CT molecular complexity index is 2100. The Balaban J connectivity index is 1.53.